The van der Waals surface area contributed by atoms with Gasteiger partial charge in [-0.2, -0.15) is 5.10 Å². The van der Waals surface area contributed by atoms with Gasteiger partial charge in [-0.05, 0) is 51.5 Å². The maximum Gasteiger partial charge on any atom is 0.0629 e. The molecule has 1 aliphatic heterocycles. The molecular weight excluding hydrogens is 252 g/mol. The molecular formula is C15H28N4O. The zero-order chi connectivity index (χ0) is 14.4. The molecule has 2 rings (SSSR count). The Morgan fingerprint density at radius 1 is 1.55 bits per heavy atom. The summed E-state index contributed by atoms with van der Waals surface area (Å²) in [5.41, 5.74) is 5.30. The van der Waals surface area contributed by atoms with Gasteiger partial charge in [0.1, 0.15) is 0 Å². The van der Waals surface area contributed by atoms with Crippen LogP contribution in [0.2, 0.25) is 0 Å². The zero-order valence-electron chi connectivity index (χ0n) is 12.8. The average molecular weight is 280 g/mol. The summed E-state index contributed by atoms with van der Waals surface area (Å²) in [4.78, 5) is 0. The van der Waals surface area contributed by atoms with Gasteiger partial charge >= 0.3 is 0 Å². The van der Waals surface area contributed by atoms with E-state index in [1.54, 1.807) is 0 Å². The van der Waals surface area contributed by atoms with Crippen LogP contribution in [0, 0.1) is 0 Å². The van der Waals surface area contributed by atoms with Gasteiger partial charge in [0.15, 0.2) is 0 Å². The molecule has 1 saturated heterocycles. The monoisotopic (exact) mass is 280 g/mol. The maximum absolute atomic E-state index is 5.75. The molecule has 5 nitrogen and oxygen atoms in total. The average Bonchev–Trinajstić information content (AvgIpc) is 3.12. The number of nitrogens with two attached hydrogens (primary N) is 1. The van der Waals surface area contributed by atoms with Gasteiger partial charge in [-0.1, -0.05) is 6.92 Å². The van der Waals surface area contributed by atoms with Crippen LogP contribution in [-0.4, -0.2) is 22.5 Å². The SMILES string of the molecule is CCc1cc(C(CCCC2CCCO2)NN)n(CC)n1. The Balaban J connectivity index is 1.91. The fourth-order valence-corrected chi connectivity index (χ4v) is 2.93. The summed E-state index contributed by atoms with van der Waals surface area (Å²) in [5.74, 6) is 5.75. The minimum Gasteiger partial charge on any atom is -0.378 e. The third-order valence-corrected chi connectivity index (χ3v) is 4.12. The Kier molecular flexibility index (Phi) is 6.01. The minimum absolute atomic E-state index is 0.184. The summed E-state index contributed by atoms with van der Waals surface area (Å²) < 4.78 is 7.74. The van der Waals surface area contributed by atoms with Crippen molar-refractivity contribution in [3.8, 4) is 0 Å². The van der Waals surface area contributed by atoms with Gasteiger partial charge in [0.2, 0.25) is 0 Å². The van der Waals surface area contributed by atoms with Crippen molar-refractivity contribution in [2.45, 2.75) is 71.1 Å². The molecule has 0 saturated carbocycles. The van der Waals surface area contributed by atoms with E-state index in [1.807, 2.05) is 0 Å². The Morgan fingerprint density at radius 3 is 3.00 bits per heavy atom. The molecule has 3 N–H and O–H groups in total. The Morgan fingerprint density at radius 2 is 2.40 bits per heavy atom. The lowest BCUT2D eigenvalue weighted by Gasteiger charge is -2.18. The number of ether oxygens (including phenoxy) is 1. The van der Waals surface area contributed by atoms with Crippen molar-refractivity contribution in [1.82, 2.24) is 15.2 Å². The number of aromatic nitrogens is 2. The van der Waals surface area contributed by atoms with E-state index in [0.29, 0.717) is 6.10 Å². The number of aryl methyl sites for hydroxylation is 2. The van der Waals surface area contributed by atoms with Crippen molar-refractivity contribution >= 4 is 0 Å². The lowest BCUT2D eigenvalue weighted by atomic mass is 10.0. The number of nitrogens with one attached hydrogen (secondary N) is 1. The first-order chi connectivity index (χ1) is 9.78. The highest BCUT2D eigenvalue weighted by Gasteiger charge is 2.19. The number of nitrogens with zero attached hydrogens (tertiary/aromatic N) is 2. The van der Waals surface area contributed by atoms with Gasteiger partial charge < -0.3 is 4.74 Å². The zero-order valence-corrected chi connectivity index (χ0v) is 12.8. The molecule has 1 aromatic heterocycles. The van der Waals surface area contributed by atoms with Gasteiger partial charge in [-0.25, -0.2) is 0 Å². The Bertz CT molecular complexity index is 399. The molecule has 1 aliphatic rings. The molecule has 2 atom stereocenters. The van der Waals surface area contributed by atoms with Crippen molar-refractivity contribution in [2.24, 2.45) is 5.84 Å². The summed E-state index contributed by atoms with van der Waals surface area (Å²) in [7, 11) is 0. The first kappa shape index (κ1) is 15.5. The Labute approximate surface area is 121 Å². The number of hydrazine groups is 1. The van der Waals surface area contributed by atoms with E-state index in [9.17, 15) is 0 Å². The van der Waals surface area contributed by atoms with Crippen molar-refractivity contribution in [2.75, 3.05) is 6.61 Å². The van der Waals surface area contributed by atoms with Gasteiger partial charge in [0.25, 0.3) is 0 Å². The second-order valence-electron chi connectivity index (χ2n) is 5.52. The topological polar surface area (TPSA) is 65.1 Å². The maximum atomic E-state index is 5.75. The molecule has 20 heavy (non-hydrogen) atoms. The third kappa shape index (κ3) is 3.81. The minimum atomic E-state index is 0.184. The van der Waals surface area contributed by atoms with Crippen molar-refractivity contribution in [3.05, 3.63) is 17.5 Å². The summed E-state index contributed by atoms with van der Waals surface area (Å²) in [6.07, 6.45) is 7.17. The fourth-order valence-electron chi connectivity index (χ4n) is 2.93. The summed E-state index contributed by atoms with van der Waals surface area (Å²) in [6, 6.07) is 2.37. The molecule has 0 amide bonds. The summed E-state index contributed by atoms with van der Waals surface area (Å²) in [5, 5.41) is 4.60. The van der Waals surface area contributed by atoms with Gasteiger partial charge in [-0.3, -0.25) is 16.0 Å². The Hall–Kier alpha value is -0.910. The van der Waals surface area contributed by atoms with E-state index in [1.165, 1.54) is 18.5 Å². The lowest BCUT2D eigenvalue weighted by molar-refractivity contribution is 0.101. The molecule has 114 valence electrons. The van der Waals surface area contributed by atoms with Crippen LogP contribution in [0.3, 0.4) is 0 Å². The van der Waals surface area contributed by atoms with Gasteiger partial charge in [0.05, 0.1) is 23.5 Å². The van der Waals surface area contributed by atoms with E-state index in [-0.39, 0.29) is 6.04 Å². The highest BCUT2D eigenvalue weighted by Crippen LogP contribution is 2.23. The first-order valence-electron chi connectivity index (χ1n) is 7.92. The van der Waals surface area contributed by atoms with Gasteiger partial charge in [-0.15, -0.1) is 0 Å². The summed E-state index contributed by atoms with van der Waals surface area (Å²) in [6.45, 7) is 6.08. The van der Waals surface area contributed by atoms with E-state index in [4.69, 9.17) is 10.6 Å². The molecule has 0 radical (unpaired) electrons. The van der Waals surface area contributed by atoms with Crippen LogP contribution in [0.25, 0.3) is 0 Å². The van der Waals surface area contributed by atoms with Gasteiger partial charge in [0, 0.05) is 13.2 Å². The molecule has 0 aromatic carbocycles. The van der Waals surface area contributed by atoms with Crippen molar-refractivity contribution in [3.63, 3.8) is 0 Å². The van der Waals surface area contributed by atoms with Crippen LogP contribution < -0.4 is 11.3 Å². The van der Waals surface area contributed by atoms with E-state index < -0.39 is 0 Å². The molecule has 2 unspecified atom stereocenters. The molecule has 1 aromatic rings. The quantitative estimate of drug-likeness (QED) is 0.566. The van der Waals surface area contributed by atoms with Crippen LogP contribution in [-0.2, 0) is 17.7 Å². The normalized spacial score (nSPS) is 20.4. The predicted molar refractivity (Wildman–Crippen MR) is 80.2 cm³/mol. The molecule has 1 fully saturated rings. The third-order valence-electron chi connectivity index (χ3n) is 4.12. The smallest absolute Gasteiger partial charge is 0.0629 e. The molecule has 0 bridgehead atoms. The number of hydrogen-bond acceptors (Lipinski definition) is 4. The predicted octanol–water partition coefficient (Wildman–Crippen LogP) is 2.32. The van der Waals surface area contributed by atoms with E-state index in [0.717, 1.165) is 44.5 Å². The molecule has 5 heteroatoms. The highest BCUT2D eigenvalue weighted by atomic mass is 16.5. The summed E-state index contributed by atoms with van der Waals surface area (Å²) >= 11 is 0. The van der Waals surface area contributed by atoms with E-state index in [2.05, 4.69) is 35.1 Å². The standard InChI is InChI=1S/C15H28N4O/c1-3-12-11-15(19(4-2)18-12)14(17-16)9-5-7-13-8-6-10-20-13/h11,13-14,17H,3-10,16H2,1-2H3. The molecule has 2 heterocycles. The number of rotatable bonds is 8. The van der Waals surface area contributed by atoms with Crippen LogP contribution in [0.5, 0.6) is 0 Å². The number of hydrogen-bond donors (Lipinski definition) is 2. The van der Waals surface area contributed by atoms with Crippen LogP contribution >= 0.6 is 0 Å². The largest absolute Gasteiger partial charge is 0.378 e. The highest BCUT2D eigenvalue weighted by molar-refractivity contribution is 5.14. The lowest BCUT2D eigenvalue weighted by Crippen LogP contribution is -2.30. The first-order valence-corrected chi connectivity index (χ1v) is 7.92. The second kappa shape index (κ2) is 7.76. The second-order valence-corrected chi connectivity index (χ2v) is 5.52. The van der Waals surface area contributed by atoms with Crippen LogP contribution in [0.15, 0.2) is 6.07 Å². The fraction of sp³-hybridized carbons (Fsp3) is 0.800. The van der Waals surface area contributed by atoms with Crippen LogP contribution in [0.4, 0.5) is 0 Å². The van der Waals surface area contributed by atoms with Crippen molar-refractivity contribution < 1.29 is 4.74 Å². The van der Waals surface area contributed by atoms with E-state index >= 15 is 0 Å². The van der Waals surface area contributed by atoms with Crippen LogP contribution in [0.1, 0.15) is 63.4 Å². The molecule has 0 aliphatic carbocycles. The molecule has 0 spiro atoms. The van der Waals surface area contributed by atoms with Crippen molar-refractivity contribution in [1.29, 1.82) is 0 Å².